The average molecular weight is 247 g/mol. The predicted octanol–water partition coefficient (Wildman–Crippen LogP) is 3.42. The molecule has 3 heteroatoms. The van der Waals surface area contributed by atoms with E-state index in [0.29, 0.717) is 0 Å². The smallest absolute Gasteiger partial charge is 0.284 e. The number of thioether (sulfide) groups is 1. The van der Waals surface area contributed by atoms with Crippen molar-refractivity contribution >= 4 is 17.0 Å². The van der Waals surface area contributed by atoms with E-state index < -0.39 is 0 Å². The highest BCUT2D eigenvalue weighted by molar-refractivity contribution is 8.13. The third-order valence-corrected chi connectivity index (χ3v) is 3.06. The lowest BCUT2D eigenvalue weighted by Gasteiger charge is -2.19. The maximum absolute atomic E-state index is 11.5. The van der Waals surface area contributed by atoms with E-state index >= 15 is 0 Å². The van der Waals surface area contributed by atoms with E-state index in [1.807, 2.05) is 18.2 Å². The summed E-state index contributed by atoms with van der Waals surface area (Å²) in [4.78, 5) is 12.4. The van der Waals surface area contributed by atoms with Gasteiger partial charge in [0.25, 0.3) is 5.24 Å². The van der Waals surface area contributed by atoms with Crippen LogP contribution in [0.3, 0.4) is 0 Å². The number of terminal acetylenes is 1. The van der Waals surface area contributed by atoms with E-state index in [4.69, 9.17) is 6.42 Å². The van der Waals surface area contributed by atoms with Gasteiger partial charge in [0.15, 0.2) is 0 Å². The van der Waals surface area contributed by atoms with Crippen molar-refractivity contribution in [2.75, 3.05) is 6.54 Å². The topological polar surface area (TPSA) is 29.1 Å². The second kappa shape index (κ2) is 5.79. The van der Waals surface area contributed by atoms with Crippen LogP contribution in [-0.2, 0) is 5.41 Å². The number of nitrogens with one attached hydrogen (secondary N) is 1. The van der Waals surface area contributed by atoms with Crippen molar-refractivity contribution in [1.29, 1.82) is 0 Å². The van der Waals surface area contributed by atoms with Crippen molar-refractivity contribution in [1.82, 2.24) is 5.32 Å². The molecule has 0 aliphatic carbocycles. The van der Waals surface area contributed by atoms with Gasteiger partial charge in [-0.3, -0.25) is 4.79 Å². The highest BCUT2D eigenvalue weighted by Gasteiger charge is 2.14. The predicted molar refractivity (Wildman–Crippen MR) is 73.2 cm³/mol. The molecular formula is C14H17NOS. The molecule has 90 valence electrons. The van der Waals surface area contributed by atoms with Gasteiger partial charge in [-0.25, -0.2) is 0 Å². The first-order valence-corrected chi connectivity index (χ1v) is 6.25. The van der Waals surface area contributed by atoms with Crippen LogP contribution in [0.4, 0.5) is 4.79 Å². The summed E-state index contributed by atoms with van der Waals surface area (Å²) in [5.74, 6) is 2.37. The first-order chi connectivity index (χ1) is 7.93. The minimum Gasteiger partial charge on any atom is -0.336 e. The quantitative estimate of drug-likeness (QED) is 0.641. The summed E-state index contributed by atoms with van der Waals surface area (Å²) in [7, 11) is 0. The summed E-state index contributed by atoms with van der Waals surface area (Å²) in [5, 5.41) is 2.51. The van der Waals surface area contributed by atoms with Crippen LogP contribution in [0.5, 0.6) is 0 Å². The van der Waals surface area contributed by atoms with Gasteiger partial charge >= 0.3 is 0 Å². The largest absolute Gasteiger partial charge is 0.336 e. The second-order valence-corrected chi connectivity index (χ2v) is 5.77. The SMILES string of the molecule is C#CCNC(=O)Sc1cccc(C(C)(C)C)c1. The summed E-state index contributed by atoms with van der Waals surface area (Å²) >= 11 is 1.17. The van der Waals surface area contributed by atoms with E-state index in [0.717, 1.165) is 4.90 Å². The molecular weight excluding hydrogens is 230 g/mol. The lowest BCUT2D eigenvalue weighted by atomic mass is 9.87. The Labute approximate surface area is 107 Å². The maximum atomic E-state index is 11.5. The average Bonchev–Trinajstić information content (AvgIpc) is 2.25. The van der Waals surface area contributed by atoms with E-state index in [1.165, 1.54) is 17.3 Å². The van der Waals surface area contributed by atoms with Gasteiger partial charge < -0.3 is 5.32 Å². The van der Waals surface area contributed by atoms with Gasteiger partial charge in [-0.2, -0.15) is 0 Å². The summed E-state index contributed by atoms with van der Waals surface area (Å²) in [5.41, 5.74) is 1.30. The molecule has 1 amide bonds. The molecule has 0 atom stereocenters. The molecule has 0 saturated carbocycles. The molecule has 1 rings (SSSR count). The van der Waals surface area contributed by atoms with Crippen molar-refractivity contribution in [3.8, 4) is 12.3 Å². The molecule has 0 aromatic heterocycles. The lowest BCUT2D eigenvalue weighted by Crippen LogP contribution is -2.18. The number of carbonyl (C=O) groups excluding carboxylic acids is 1. The molecule has 0 radical (unpaired) electrons. The number of rotatable bonds is 2. The standard InChI is InChI=1S/C14H17NOS/c1-5-9-15-13(16)17-12-8-6-7-11(10-12)14(2,3)4/h1,6-8,10H,9H2,2-4H3,(H,15,16). The van der Waals surface area contributed by atoms with Crippen molar-refractivity contribution in [2.24, 2.45) is 0 Å². The Morgan fingerprint density at radius 3 is 2.76 bits per heavy atom. The molecule has 0 spiro atoms. The highest BCUT2D eigenvalue weighted by Crippen LogP contribution is 2.27. The van der Waals surface area contributed by atoms with Gasteiger partial charge in [-0.05, 0) is 34.9 Å². The summed E-state index contributed by atoms with van der Waals surface area (Å²) in [6, 6.07) is 8.01. The molecule has 1 aromatic carbocycles. The lowest BCUT2D eigenvalue weighted by molar-refractivity contribution is 0.261. The fraction of sp³-hybridized carbons (Fsp3) is 0.357. The molecule has 0 aliphatic rings. The number of benzene rings is 1. The molecule has 0 bridgehead atoms. The van der Waals surface area contributed by atoms with E-state index in [1.54, 1.807) is 0 Å². The van der Waals surface area contributed by atoms with E-state index in [-0.39, 0.29) is 17.2 Å². The minimum absolute atomic E-state index is 0.0891. The molecule has 0 aliphatic heterocycles. The van der Waals surface area contributed by atoms with Crippen LogP contribution in [0, 0.1) is 12.3 Å². The van der Waals surface area contributed by atoms with Crippen LogP contribution >= 0.6 is 11.8 Å². The number of carbonyl (C=O) groups is 1. The normalized spacial score (nSPS) is 10.7. The van der Waals surface area contributed by atoms with Gasteiger partial charge in [0, 0.05) is 4.90 Å². The Bertz CT molecular complexity index is 440. The Morgan fingerprint density at radius 1 is 1.47 bits per heavy atom. The number of amides is 1. The van der Waals surface area contributed by atoms with Crippen LogP contribution in [0.25, 0.3) is 0 Å². The van der Waals surface area contributed by atoms with Crippen LogP contribution < -0.4 is 5.32 Å². The summed E-state index contributed by atoms with van der Waals surface area (Å²) in [6.07, 6.45) is 5.08. The number of hydrogen-bond acceptors (Lipinski definition) is 2. The third-order valence-electron chi connectivity index (χ3n) is 2.25. The zero-order valence-corrected chi connectivity index (χ0v) is 11.2. The molecule has 1 aromatic rings. The van der Waals surface area contributed by atoms with E-state index in [2.05, 4.69) is 38.1 Å². The van der Waals surface area contributed by atoms with Crippen LogP contribution in [0.2, 0.25) is 0 Å². The van der Waals surface area contributed by atoms with Crippen molar-refractivity contribution in [3.63, 3.8) is 0 Å². The van der Waals surface area contributed by atoms with Gasteiger partial charge in [-0.1, -0.05) is 38.8 Å². The Morgan fingerprint density at radius 2 is 2.18 bits per heavy atom. The van der Waals surface area contributed by atoms with Gasteiger partial charge in [0.05, 0.1) is 6.54 Å². The first kappa shape index (κ1) is 13.7. The summed E-state index contributed by atoms with van der Waals surface area (Å²) < 4.78 is 0. The van der Waals surface area contributed by atoms with Crippen LogP contribution in [0.15, 0.2) is 29.2 Å². The Balaban J connectivity index is 2.73. The fourth-order valence-corrected chi connectivity index (χ4v) is 1.98. The Hall–Kier alpha value is -1.40. The number of hydrogen-bond donors (Lipinski definition) is 1. The zero-order valence-electron chi connectivity index (χ0n) is 10.4. The minimum atomic E-state index is -0.117. The first-order valence-electron chi connectivity index (χ1n) is 5.43. The zero-order chi connectivity index (χ0) is 12.9. The van der Waals surface area contributed by atoms with Gasteiger partial charge in [0.1, 0.15) is 0 Å². The molecule has 0 fully saturated rings. The second-order valence-electron chi connectivity index (χ2n) is 4.73. The molecule has 0 unspecified atom stereocenters. The molecule has 0 heterocycles. The van der Waals surface area contributed by atoms with Crippen molar-refractivity contribution < 1.29 is 4.79 Å². The van der Waals surface area contributed by atoms with Crippen molar-refractivity contribution in [2.45, 2.75) is 31.1 Å². The van der Waals surface area contributed by atoms with Gasteiger partial charge in [-0.15, -0.1) is 6.42 Å². The third kappa shape index (κ3) is 4.54. The molecule has 2 nitrogen and oxygen atoms in total. The van der Waals surface area contributed by atoms with Gasteiger partial charge in [0.2, 0.25) is 0 Å². The molecule has 0 saturated heterocycles. The van der Waals surface area contributed by atoms with E-state index in [9.17, 15) is 4.79 Å². The molecule has 1 N–H and O–H groups in total. The maximum Gasteiger partial charge on any atom is 0.284 e. The Kier molecular flexibility index (Phi) is 4.65. The summed E-state index contributed by atoms with van der Waals surface area (Å²) in [6.45, 7) is 6.71. The molecule has 17 heavy (non-hydrogen) atoms. The highest BCUT2D eigenvalue weighted by atomic mass is 32.2. The fourth-order valence-electron chi connectivity index (χ4n) is 1.29. The van der Waals surface area contributed by atoms with Crippen molar-refractivity contribution in [3.05, 3.63) is 29.8 Å². The van der Waals surface area contributed by atoms with Crippen LogP contribution in [0.1, 0.15) is 26.3 Å². The monoisotopic (exact) mass is 247 g/mol. The van der Waals surface area contributed by atoms with Crippen LogP contribution in [-0.4, -0.2) is 11.8 Å².